The van der Waals surface area contributed by atoms with Gasteiger partial charge in [0.2, 0.25) is 0 Å². The van der Waals surface area contributed by atoms with Gasteiger partial charge in [-0.1, -0.05) is 0 Å². The first-order chi connectivity index (χ1) is 12.5. The highest BCUT2D eigenvalue weighted by Crippen LogP contribution is 2.14. The van der Waals surface area contributed by atoms with Crippen molar-refractivity contribution >= 4 is 5.91 Å². The molecular weight excluding hydrogens is 340 g/mol. The van der Waals surface area contributed by atoms with Gasteiger partial charge in [0, 0.05) is 30.3 Å². The molecule has 0 bridgehead atoms. The molecule has 2 aromatic carbocycles. The molecule has 5 nitrogen and oxygen atoms in total. The minimum atomic E-state index is -0.416. The number of carbonyl (C=O) groups is 1. The molecule has 0 unspecified atom stereocenters. The summed E-state index contributed by atoms with van der Waals surface area (Å²) in [5.74, 6) is -1.13. The van der Waals surface area contributed by atoms with Crippen molar-refractivity contribution in [2.75, 3.05) is 6.54 Å². The minimum absolute atomic E-state index is 0.216. The highest BCUT2D eigenvalue weighted by molar-refractivity contribution is 5.94. The number of amides is 1. The highest BCUT2D eigenvalue weighted by atomic mass is 19.1. The predicted molar refractivity (Wildman–Crippen MR) is 92.6 cm³/mol. The Hall–Kier alpha value is -3.35. The quantitative estimate of drug-likeness (QED) is 0.765. The summed E-state index contributed by atoms with van der Waals surface area (Å²) in [6.07, 6.45) is 1.38. The molecule has 1 aromatic heterocycles. The zero-order valence-electron chi connectivity index (χ0n) is 13.7. The van der Waals surface area contributed by atoms with E-state index in [0.717, 1.165) is 0 Å². The van der Waals surface area contributed by atoms with Crippen molar-refractivity contribution < 1.29 is 13.6 Å². The van der Waals surface area contributed by atoms with Crippen LogP contribution in [0.25, 0.3) is 11.3 Å². The van der Waals surface area contributed by atoms with Crippen LogP contribution in [-0.4, -0.2) is 22.0 Å². The van der Waals surface area contributed by atoms with E-state index >= 15 is 0 Å². The molecule has 0 saturated carbocycles. The maximum Gasteiger partial charge on any atom is 0.253 e. The van der Waals surface area contributed by atoms with E-state index in [1.54, 1.807) is 12.1 Å². The highest BCUT2D eigenvalue weighted by Gasteiger charge is 2.06. The molecule has 1 heterocycles. The van der Waals surface area contributed by atoms with Crippen LogP contribution in [0.3, 0.4) is 0 Å². The van der Waals surface area contributed by atoms with E-state index in [-0.39, 0.29) is 30.4 Å². The van der Waals surface area contributed by atoms with Crippen molar-refractivity contribution in [2.24, 2.45) is 0 Å². The van der Waals surface area contributed by atoms with Gasteiger partial charge in [0.05, 0.1) is 12.0 Å². The van der Waals surface area contributed by atoms with Crippen molar-refractivity contribution in [3.63, 3.8) is 0 Å². The average Bonchev–Trinajstić information content (AvgIpc) is 2.64. The third kappa shape index (κ3) is 4.18. The van der Waals surface area contributed by atoms with Crippen molar-refractivity contribution in [1.29, 1.82) is 0 Å². The first kappa shape index (κ1) is 17.5. The lowest BCUT2D eigenvalue weighted by atomic mass is 10.1. The normalized spacial score (nSPS) is 10.5. The Labute approximate surface area is 147 Å². The van der Waals surface area contributed by atoms with Gasteiger partial charge >= 0.3 is 0 Å². The zero-order chi connectivity index (χ0) is 18.5. The second-order valence-corrected chi connectivity index (χ2v) is 5.58. The molecule has 0 saturated heterocycles. The molecule has 0 fully saturated rings. The Kier molecular flexibility index (Phi) is 5.17. The number of nitrogens with one attached hydrogen (secondary N) is 1. The van der Waals surface area contributed by atoms with Crippen LogP contribution in [0.4, 0.5) is 8.78 Å². The molecule has 0 radical (unpaired) electrons. The maximum atomic E-state index is 13.0. The van der Waals surface area contributed by atoms with Gasteiger partial charge < -0.3 is 5.32 Å². The predicted octanol–water partition coefficient (Wildman–Crippen LogP) is 2.62. The fraction of sp³-hybridized carbons (Fsp3) is 0.105. The summed E-state index contributed by atoms with van der Waals surface area (Å²) >= 11 is 0. The number of aromatic nitrogens is 2. The Morgan fingerprint density at radius 1 is 1.00 bits per heavy atom. The van der Waals surface area contributed by atoms with E-state index in [4.69, 9.17) is 0 Å². The Morgan fingerprint density at radius 2 is 1.62 bits per heavy atom. The number of halogens is 2. The van der Waals surface area contributed by atoms with Gasteiger partial charge in [-0.05, 0) is 48.5 Å². The van der Waals surface area contributed by atoms with Gasteiger partial charge in [-0.2, -0.15) is 0 Å². The van der Waals surface area contributed by atoms with Gasteiger partial charge in [0.15, 0.2) is 0 Å². The monoisotopic (exact) mass is 355 g/mol. The van der Waals surface area contributed by atoms with Crippen LogP contribution in [0.2, 0.25) is 0 Å². The van der Waals surface area contributed by atoms with Gasteiger partial charge in [-0.25, -0.2) is 13.8 Å². The van der Waals surface area contributed by atoms with E-state index in [2.05, 4.69) is 10.3 Å². The van der Waals surface area contributed by atoms with E-state index in [1.807, 2.05) is 0 Å². The Balaban J connectivity index is 1.62. The minimum Gasteiger partial charge on any atom is -0.350 e. The number of hydrogen-bond acceptors (Lipinski definition) is 3. The lowest BCUT2D eigenvalue weighted by Gasteiger charge is -2.08. The average molecular weight is 355 g/mol. The summed E-state index contributed by atoms with van der Waals surface area (Å²) in [5, 5.41) is 2.66. The van der Waals surface area contributed by atoms with Gasteiger partial charge in [0.25, 0.3) is 11.5 Å². The first-order valence-corrected chi connectivity index (χ1v) is 7.89. The largest absolute Gasteiger partial charge is 0.350 e. The van der Waals surface area contributed by atoms with Crippen molar-refractivity contribution in [2.45, 2.75) is 6.54 Å². The molecule has 7 heteroatoms. The van der Waals surface area contributed by atoms with Crippen LogP contribution in [0.1, 0.15) is 10.4 Å². The molecule has 0 atom stereocenters. The first-order valence-electron chi connectivity index (χ1n) is 7.89. The Morgan fingerprint density at radius 3 is 2.23 bits per heavy atom. The fourth-order valence-electron chi connectivity index (χ4n) is 2.37. The summed E-state index contributed by atoms with van der Waals surface area (Å²) in [4.78, 5) is 28.3. The molecule has 1 N–H and O–H groups in total. The van der Waals surface area contributed by atoms with Crippen LogP contribution >= 0.6 is 0 Å². The van der Waals surface area contributed by atoms with Crippen LogP contribution in [0.15, 0.2) is 65.7 Å². The summed E-state index contributed by atoms with van der Waals surface area (Å²) < 4.78 is 27.2. The molecule has 0 aliphatic rings. The van der Waals surface area contributed by atoms with E-state index in [0.29, 0.717) is 16.8 Å². The van der Waals surface area contributed by atoms with E-state index in [1.165, 1.54) is 53.4 Å². The third-order valence-corrected chi connectivity index (χ3v) is 3.76. The number of carbonyl (C=O) groups excluding carboxylic acids is 1. The van der Waals surface area contributed by atoms with E-state index < -0.39 is 5.82 Å². The van der Waals surface area contributed by atoms with Crippen molar-refractivity contribution in [3.05, 3.63) is 88.5 Å². The summed E-state index contributed by atoms with van der Waals surface area (Å²) in [6, 6.07) is 12.2. The van der Waals surface area contributed by atoms with Gasteiger partial charge in [-0.3, -0.25) is 14.2 Å². The molecule has 132 valence electrons. The second kappa shape index (κ2) is 7.69. The molecule has 0 aliphatic carbocycles. The smallest absolute Gasteiger partial charge is 0.253 e. The number of nitrogens with zero attached hydrogens (tertiary/aromatic N) is 2. The number of hydrogen-bond donors (Lipinski definition) is 1. The molecule has 0 spiro atoms. The lowest BCUT2D eigenvalue weighted by Crippen LogP contribution is -2.30. The topological polar surface area (TPSA) is 64.0 Å². The van der Waals surface area contributed by atoms with Crippen LogP contribution in [-0.2, 0) is 6.54 Å². The van der Waals surface area contributed by atoms with Gasteiger partial charge in [-0.15, -0.1) is 0 Å². The molecule has 3 aromatic rings. The maximum absolute atomic E-state index is 13.0. The summed E-state index contributed by atoms with van der Waals surface area (Å²) in [5.41, 5.74) is 1.14. The molecule has 1 amide bonds. The lowest BCUT2D eigenvalue weighted by molar-refractivity contribution is 0.0952. The fourth-order valence-corrected chi connectivity index (χ4v) is 2.37. The van der Waals surface area contributed by atoms with Gasteiger partial charge in [0.1, 0.15) is 11.6 Å². The zero-order valence-corrected chi connectivity index (χ0v) is 13.7. The molecular formula is C19H15F2N3O2. The van der Waals surface area contributed by atoms with E-state index in [9.17, 15) is 18.4 Å². The van der Waals surface area contributed by atoms with Crippen LogP contribution in [0.5, 0.6) is 0 Å². The standard InChI is InChI=1S/C19H15F2N3O2/c20-15-5-1-13(2-6-15)17-11-18(25)24(12-23-17)10-9-22-19(26)14-3-7-16(21)8-4-14/h1-8,11-12H,9-10H2,(H,22,26). The second-order valence-electron chi connectivity index (χ2n) is 5.58. The van der Waals surface area contributed by atoms with Crippen LogP contribution in [0, 0.1) is 11.6 Å². The molecule has 3 rings (SSSR count). The van der Waals surface area contributed by atoms with Crippen LogP contribution < -0.4 is 10.9 Å². The summed E-state index contributed by atoms with van der Waals surface area (Å²) in [6.45, 7) is 0.455. The molecule has 0 aliphatic heterocycles. The number of rotatable bonds is 5. The third-order valence-electron chi connectivity index (χ3n) is 3.76. The Bertz CT molecular complexity index is 967. The summed E-state index contributed by atoms with van der Waals surface area (Å²) in [7, 11) is 0. The SMILES string of the molecule is O=C(NCCn1cnc(-c2ccc(F)cc2)cc1=O)c1ccc(F)cc1. The molecule has 26 heavy (non-hydrogen) atoms. The number of benzene rings is 2. The van der Waals surface area contributed by atoms with Crippen molar-refractivity contribution in [3.8, 4) is 11.3 Å². The van der Waals surface area contributed by atoms with Crippen molar-refractivity contribution in [1.82, 2.24) is 14.9 Å².